The van der Waals surface area contributed by atoms with E-state index in [0.29, 0.717) is 49.7 Å². The Balaban J connectivity index is 1.31. The molecule has 2 fully saturated rings. The van der Waals surface area contributed by atoms with Crippen LogP contribution in [-0.4, -0.2) is 63.0 Å². The molecule has 0 saturated carbocycles. The number of rotatable bonds is 5. The number of morpholine rings is 1. The highest BCUT2D eigenvalue weighted by Gasteiger charge is 2.32. The highest BCUT2D eigenvalue weighted by Crippen LogP contribution is 2.25. The molecule has 1 amide bonds. The number of nitrogens with one attached hydrogen (secondary N) is 1. The number of pyridine rings is 1. The molecule has 0 spiro atoms. The molecular formula is C22H28N4O4S. The Morgan fingerprint density at radius 3 is 2.32 bits per heavy atom. The number of aryl methyl sites for hydroxylation is 1. The first-order valence-corrected chi connectivity index (χ1v) is 12.0. The predicted molar refractivity (Wildman–Crippen MR) is 119 cm³/mol. The van der Waals surface area contributed by atoms with Gasteiger partial charge in [0.2, 0.25) is 15.9 Å². The number of carbonyl (C=O) groups excluding carboxylic acids is 1. The summed E-state index contributed by atoms with van der Waals surface area (Å²) in [4.78, 5) is 19.6. The summed E-state index contributed by atoms with van der Waals surface area (Å²) in [6, 6.07) is 10.6. The molecule has 1 aromatic carbocycles. The average Bonchev–Trinajstić information content (AvgIpc) is 2.80. The van der Waals surface area contributed by atoms with Crippen LogP contribution >= 0.6 is 0 Å². The van der Waals surface area contributed by atoms with Crippen molar-refractivity contribution in [3.05, 3.63) is 48.2 Å². The molecule has 2 aliphatic rings. The molecule has 0 bridgehead atoms. The zero-order chi connectivity index (χ0) is 21.8. The number of carbonyl (C=O) groups is 1. The van der Waals surface area contributed by atoms with Crippen LogP contribution in [0.5, 0.6) is 0 Å². The third-order valence-electron chi connectivity index (χ3n) is 5.83. The lowest BCUT2D eigenvalue weighted by Gasteiger charge is -2.30. The minimum absolute atomic E-state index is 0.0895. The van der Waals surface area contributed by atoms with Crippen LogP contribution in [0, 0.1) is 12.8 Å². The van der Waals surface area contributed by atoms with Crippen molar-refractivity contribution in [2.45, 2.75) is 24.7 Å². The molecule has 2 aliphatic heterocycles. The van der Waals surface area contributed by atoms with Gasteiger partial charge in [-0.3, -0.25) is 4.79 Å². The van der Waals surface area contributed by atoms with E-state index in [2.05, 4.69) is 15.2 Å². The van der Waals surface area contributed by atoms with Crippen molar-refractivity contribution < 1.29 is 17.9 Å². The van der Waals surface area contributed by atoms with Crippen molar-refractivity contribution in [1.29, 1.82) is 0 Å². The normalized spacial score (nSPS) is 18.7. The number of aromatic nitrogens is 1. The van der Waals surface area contributed by atoms with E-state index >= 15 is 0 Å². The maximum absolute atomic E-state index is 12.8. The maximum Gasteiger partial charge on any atom is 0.243 e. The Labute approximate surface area is 183 Å². The second-order valence-corrected chi connectivity index (χ2v) is 9.92. The van der Waals surface area contributed by atoms with E-state index in [1.165, 1.54) is 4.31 Å². The Kier molecular flexibility index (Phi) is 6.54. The first-order chi connectivity index (χ1) is 14.9. The summed E-state index contributed by atoms with van der Waals surface area (Å²) < 4.78 is 32.5. The lowest BCUT2D eigenvalue weighted by Crippen LogP contribution is -2.41. The zero-order valence-electron chi connectivity index (χ0n) is 17.7. The number of benzene rings is 1. The molecule has 1 aromatic heterocycles. The van der Waals surface area contributed by atoms with Crippen LogP contribution < -0.4 is 10.2 Å². The summed E-state index contributed by atoms with van der Waals surface area (Å²) in [5, 5.41) is 2.92. The lowest BCUT2D eigenvalue weighted by molar-refractivity contribution is -0.120. The second kappa shape index (κ2) is 9.33. The molecule has 8 nitrogen and oxygen atoms in total. The van der Waals surface area contributed by atoms with Crippen molar-refractivity contribution >= 4 is 27.4 Å². The van der Waals surface area contributed by atoms with Crippen LogP contribution in [0.4, 0.5) is 11.5 Å². The molecule has 0 unspecified atom stereocenters. The average molecular weight is 445 g/mol. The minimum Gasteiger partial charge on any atom is -0.378 e. The molecule has 3 heterocycles. The molecule has 0 radical (unpaired) electrons. The van der Waals surface area contributed by atoms with Gasteiger partial charge >= 0.3 is 0 Å². The van der Waals surface area contributed by atoms with E-state index < -0.39 is 10.0 Å². The number of nitrogens with zero attached hydrogens (tertiary/aromatic N) is 3. The van der Waals surface area contributed by atoms with Gasteiger partial charge in [-0.1, -0.05) is 17.7 Å². The molecule has 31 heavy (non-hydrogen) atoms. The smallest absolute Gasteiger partial charge is 0.243 e. The number of amides is 1. The predicted octanol–water partition coefficient (Wildman–Crippen LogP) is 2.27. The summed E-state index contributed by atoms with van der Waals surface area (Å²) in [7, 11) is -3.52. The molecule has 4 rings (SSSR count). The van der Waals surface area contributed by atoms with Crippen molar-refractivity contribution in [3.8, 4) is 0 Å². The molecule has 9 heteroatoms. The first kappa shape index (κ1) is 21.7. The van der Waals surface area contributed by atoms with Crippen molar-refractivity contribution in [2.75, 3.05) is 49.6 Å². The van der Waals surface area contributed by atoms with Crippen LogP contribution in [0.2, 0.25) is 0 Å². The number of anilines is 2. The zero-order valence-corrected chi connectivity index (χ0v) is 18.5. The maximum atomic E-state index is 12.8. The fraction of sp³-hybridized carbons (Fsp3) is 0.455. The summed E-state index contributed by atoms with van der Waals surface area (Å²) in [5.74, 6) is 0.563. The standard InChI is InChI=1S/C22H28N4O4S/c1-17-2-5-20(6-3-17)31(28,29)26-10-8-18(9-11-26)22(27)24-19-4-7-21(23-16-19)25-12-14-30-15-13-25/h2-7,16,18H,8-15H2,1H3,(H,24,27). The number of sulfonamides is 1. The molecule has 166 valence electrons. The van der Waals surface area contributed by atoms with E-state index in [9.17, 15) is 13.2 Å². The molecular weight excluding hydrogens is 416 g/mol. The Bertz CT molecular complexity index is 995. The summed E-state index contributed by atoms with van der Waals surface area (Å²) in [6.07, 6.45) is 2.66. The van der Waals surface area contributed by atoms with Crippen LogP contribution in [-0.2, 0) is 19.6 Å². The molecule has 0 atom stereocenters. The molecule has 1 N–H and O–H groups in total. The summed E-state index contributed by atoms with van der Waals surface area (Å²) >= 11 is 0. The monoisotopic (exact) mass is 444 g/mol. The van der Waals surface area contributed by atoms with Crippen LogP contribution in [0.1, 0.15) is 18.4 Å². The van der Waals surface area contributed by atoms with Gasteiger partial charge in [-0.15, -0.1) is 0 Å². The molecule has 2 aromatic rings. The Hall–Kier alpha value is -2.49. The van der Waals surface area contributed by atoms with E-state index in [4.69, 9.17) is 4.74 Å². The van der Waals surface area contributed by atoms with Gasteiger partial charge in [-0.2, -0.15) is 4.31 Å². The van der Waals surface area contributed by atoms with Crippen LogP contribution in [0.3, 0.4) is 0 Å². The van der Waals surface area contributed by atoms with Gasteiger partial charge in [0.05, 0.1) is 30.0 Å². The Morgan fingerprint density at radius 1 is 1.03 bits per heavy atom. The van der Waals surface area contributed by atoms with Gasteiger partial charge in [-0.25, -0.2) is 13.4 Å². The third-order valence-corrected chi connectivity index (χ3v) is 7.75. The summed E-state index contributed by atoms with van der Waals surface area (Å²) in [5.41, 5.74) is 1.67. The van der Waals surface area contributed by atoms with Gasteiger partial charge < -0.3 is 15.0 Å². The lowest BCUT2D eigenvalue weighted by atomic mass is 9.97. The fourth-order valence-corrected chi connectivity index (χ4v) is 5.37. The van der Waals surface area contributed by atoms with Gasteiger partial charge in [0, 0.05) is 32.1 Å². The molecule has 0 aliphatic carbocycles. The topological polar surface area (TPSA) is 91.8 Å². The SMILES string of the molecule is Cc1ccc(S(=O)(=O)N2CCC(C(=O)Nc3ccc(N4CCOCC4)nc3)CC2)cc1. The largest absolute Gasteiger partial charge is 0.378 e. The molecule has 2 saturated heterocycles. The number of hydrogen-bond donors (Lipinski definition) is 1. The van der Waals surface area contributed by atoms with Gasteiger partial charge in [0.1, 0.15) is 5.82 Å². The van der Waals surface area contributed by atoms with E-state index in [0.717, 1.165) is 24.5 Å². The van der Waals surface area contributed by atoms with Crippen molar-refractivity contribution in [1.82, 2.24) is 9.29 Å². The highest BCUT2D eigenvalue weighted by atomic mass is 32.2. The first-order valence-electron chi connectivity index (χ1n) is 10.6. The third kappa shape index (κ3) is 5.06. The van der Waals surface area contributed by atoms with Crippen molar-refractivity contribution in [2.24, 2.45) is 5.92 Å². The van der Waals surface area contributed by atoms with E-state index in [-0.39, 0.29) is 11.8 Å². The van der Waals surface area contributed by atoms with Crippen LogP contribution in [0.15, 0.2) is 47.5 Å². The van der Waals surface area contributed by atoms with Crippen LogP contribution in [0.25, 0.3) is 0 Å². The van der Waals surface area contributed by atoms with E-state index in [1.54, 1.807) is 30.5 Å². The quantitative estimate of drug-likeness (QED) is 0.761. The number of ether oxygens (including phenoxy) is 1. The van der Waals surface area contributed by atoms with Gasteiger partial charge in [-0.05, 0) is 44.0 Å². The number of piperidine rings is 1. The fourth-order valence-electron chi connectivity index (χ4n) is 3.90. The minimum atomic E-state index is -3.52. The van der Waals surface area contributed by atoms with Crippen molar-refractivity contribution in [3.63, 3.8) is 0 Å². The van der Waals surface area contributed by atoms with E-state index in [1.807, 2.05) is 19.1 Å². The summed E-state index contributed by atoms with van der Waals surface area (Å²) in [6.45, 7) is 5.60. The number of hydrogen-bond acceptors (Lipinski definition) is 6. The highest BCUT2D eigenvalue weighted by molar-refractivity contribution is 7.89. The Morgan fingerprint density at radius 2 is 1.71 bits per heavy atom. The van der Waals surface area contributed by atoms with Gasteiger partial charge in [0.25, 0.3) is 0 Å². The van der Waals surface area contributed by atoms with Gasteiger partial charge in [0.15, 0.2) is 0 Å². The second-order valence-electron chi connectivity index (χ2n) is 7.99.